The minimum Gasteiger partial charge on any atom is -0.325 e. The van der Waals surface area contributed by atoms with E-state index in [0.29, 0.717) is 6.54 Å². The number of nitrogens with one attached hydrogen (secondary N) is 1. The van der Waals surface area contributed by atoms with E-state index in [1.54, 1.807) is 0 Å². The van der Waals surface area contributed by atoms with E-state index in [0.717, 1.165) is 30.2 Å². The largest absolute Gasteiger partial charge is 0.325 e. The quantitative estimate of drug-likeness (QED) is 0.856. The zero-order valence-electron chi connectivity index (χ0n) is 10.6. The molecule has 0 saturated carbocycles. The Morgan fingerprint density at radius 3 is 3.17 bits per heavy atom. The molecule has 0 aromatic carbocycles. The summed E-state index contributed by atoms with van der Waals surface area (Å²) in [5.41, 5.74) is 9.07. The molecule has 3 N–H and O–H groups in total. The summed E-state index contributed by atoms with van der Waals surface area (Å²) < 4.78 is 2.12. The molecule has 1 saturated heterocycles. The molecule has 18 heavy (non-hydrogen) atoms. The van der Waals surface area contributed by atoms with Gasteiger partial charge in [0.25, 0.3) is 0 Å². The molecule has 96 valence electrons. The minimum atomic E-state index is 0.554. The van der Waals surface area contributed by atoms with E-state index in [4.69, 9.17) is 10.7 Å². The van der Waals surface area contributed by atoms with Gasteiger partial charge >= 0.3 is 0 Å². The van der Waals surface area contributed by atoms with Gasteiger partial charge in [-0.25, -0.2) is 4.98 Å². The Labute approximate surface area is 107 Å². The monoisotopic (exact) mass is 244 g/mol. The predicted molar refractivity (Wildman–Crippen MR) is 72.4 cm³/mol. The molecule has 2 aromatic rings. The summed E-state index contributed by atoms with van der Waals surface area (Å²) in [7, 11) is 0. The molecule has 0 amide bonds. The van der Waals surface area contributed by atoms with Crippen LogP contribution in [0.2, 0.25) is 0 Å². The molecule has 2 aromatic heterocycles. The second-order valence-corrected chi connectivity index (χ2v) is 5.10. The van der Waals surface area contributed by atoms with Gasteiger partial charge in [-0.3, -0.25) is 0 Å². The third-order valence-electron chi connectivity index (χ3n) is 3.73. The van der Waals surface area contributed by atoms with Gasteiger partial charge in [0.15, 0.2) is 0 Å². The summed E-state index contributed by atoms with van der Waals surface area (Å²) >= 11 is 0. The first kappa shape index (κ1) is 11.7. The van der Waals surface area contributed by atoms with Crippen molar-refractivity contribution in [2.75, 3.05) is 13.1 Å². The lowest BCUT2D eigenvalue weighted by atomic mass is 9.95. The standard InChI is InChI=1S/C14H20N4/c15-8-13-4-1-5-14-17-12(10-18(13)14)7-11-3-2-6-16-9-11/h1,4-5,10-11,16H,2-3,6-9,15H2. The SMILES string of the molecule is NCc1cccc2nc(CC3CCCNC3)cn12. The summed E-state index contributed by atoms with van der Waals surface area (Å²) in [6.45, 7) is 2.84. The maximum absolute atomic E-state index is 5.75. The first-order chi connectivity index (χ1) is 8.86. The molecule has 4 nitrogen and oxygen atoms in total. The summed E-state index contributed by atoms with van der Waals surface area (Å²) in [5.74, 6) is 0.727. The van der Waals surface area contributed by atoms with Crippen LogP contribution in [0.5, 0.6) is 0 Å². The van der Waals surface area contributed by atoms with Crippen molar-refractivity contribution in [2.24, 2.45) is 11.7 Å². The second kappa shape index (κ2) is 5.08. The van der Waals surface area contributed by atoms with E-state index in [2.05, 4.69) is 22.0 Å². The van der Waals surface area contributed by atoms with E-state index in [1.807, 2.05) is 12.1 Å². The van der Waals surface area contributed by atoms with Crippen molar-refractivity contribution in [1.82, 2.24) is 14.7 Å². The highest BCUT2D eigenvalue weighted by Crippen LogP contribution is 2.17. The molecule has 1 fully saturated rings. The predicted octanol–water partition coefficient (Wildman–Crippen LogP) is 1.34. The highest BCUT2D eigenvalue weighted by Gasteiger charge is 2.15. The van der Waals surface area contributed by atoms with Crippen LogP contribution < -0.4 is 11.1 Å². The van der Waals surface area contributed by atoms with Gasteiger partial charge in [-0.15, -0.1) is 0 Å². The summed E-state index contributed by atoms with van der Waals surface area (Å²) in [6, 6.07) is 6.12. The number of piperidine rings is 1. The fraction of sp³-hybridized carbons (Fsp3) is 0.500. The van der Waals surface area contributed by atoms with Crippen molar-refractivity contribution < 1.29 is 0 Å². The van der Waals surface area contributed by atoms with Crippen molar-refractivity contribution >= 4 is 5.65 Å². The lowest BCUT2D eigenvalue weighted by Gasteiger charge is -2.21. The van der Waals surface area contributed by atoms with Gasteiger partial charge in [-0.2, -0.15) is 0 Å². The zero-order chi connectivity index (χ0) is 12.4. The topological polar surface area (TPSA) is 55.3 Å². The Hall–Kier alpha value is -1.39. The third kappa shape index (κ3) is 2.26. The molecule has 4 heteroatoms. The van der Waals surface area contributed by atoms with Crippen LogP contribution in [0.3, 0.4) is 0 Å². The van der Waals surface area contributed by atoms with Crippen LogP contribution in [0, 0.1) is 5.92 Å². The molecule has 1 aliphatic heterocycles. The zero-order valence-corrected chi connectivity index (χ0v) is 10.6. The van der Waals surface area contributed by atoms with Crippen molar-refractivity contribution in [3.8, 4) is 0 Å². The average Bonchev–Trinajstić information content (AvgIpc) is 2.82. The van der Waals surface area contributed by atoms with Crippen molar-refractivity contribution in [2.45, 2.75) is 25.8 Å². The minimum absolute atomic E-state index is 0.554. The number of aromatic nitrogens is 2. The number of nitrogens with zero attached hydrogens (tertiary/aromatic N) is 2. The molecule has 1 atom stereocenters. The van der Waals surface area contributed by atoms with Gasteiger partial charge in [-0.05, 0) is 50.4 Å². The lowest BCUT2D eigenvalue weighted by Crippen LogP contribution is -2.30. The first-order valence-corrected chi connectivity index (χ1v) is 6.73. The number of pyridine rings is 1. The molecule has 3 heterocycles. The van der Waals surface area contributed by atoms with Crippen LogP contribution in [0.25, 0.3) is 5.65 Å². The maximum Gasteiger partial charge on any atom is 0.137 e. The van der Waals surface area contributed by atoms with Crippen molar-refractivity contribution in [3.05, 3.63) is 35.8 Å². The molecular formula is C14H20N4. The fourth-order valence-corrected chi connectivity index (χ4v) is 2.78. The van der Waals surface area contributed by atoms with Gasteiger partial charge in [-0.1, -0.05) is 6.07 Å². The molecule has 0 radical (unpaired) electrons. The average molecular weight is 244 g/mol. The molecule has 0 aliphatic carbocycles. The number of fused-ring (bicyclic) bond motifs is 1. The molecule has 1 unspecified atom stereocenters. The van der Waals surface area contributed by atoms with Gasteiger partial charge in [0.05, 0.1) is 5.69 Å². The summed E-state index contributed by atoms with van der Waals surface area (Å²) in [4.78, 5) is 4.70. The van der Waals surface area contributed by atoms with E-state index < -0.39 is 0 Å². The molecule has 0 spiro atoms. The lowest BCUT2D eigenvalue weighted by molar-refractivity contribution is 0.374. The Bertz CT molecular complexity index is 526. The van der Waals surface area contributed by atoms with Crippen molar-refractivity contribution in [3.63, 3.8) is 0 Å². The van der Waals surface area contributed by atoms with Crippen LogP contribution in [0.1, 0.15) is 24.2 Å². The van der Waals surface area contributed by atoms with E-state index in [-0.39, 0.29) is 0 Å². The summed E-state index contributed by atoms with van der Waals surface area (Å²) in [6.07, 6.45) is 5.81. The summed E-state index contributed by atoms with van der Waals surface area (Å²) in [5, 5.41) is 3.46. The highest BCUT2D eigenvalue weighted by molar-refractivity contribution is 5.41. The third-order valence-corrected chi connectivity index (χ3v) is 3.73. The van der Waals surface area contributed by atoms with Crippen LogP contribution in [-0.4, -0.2) is 22.5 Å². The molecule has 0 bridgehead atoms. The van der Waals surface area contributed by atoms with Gasteiger partial charge in [0.1, 0.15) is 5.65 Å². The van der Waals surface area contributed by atoms with Gasteiger partial charge < -0.3 is 15.5 Å². The van der Waals surface area contributed by atoms with Gasteiger partial charge in [0.2, 0.25) is 0 Å². The first-order valence-electron chi connectivity index (χ1n) is 6.73. The Balaban J connectivity index is 1.84. The van der Waals surface area contributed by atoms with Crippen LogP contribution in [-0.2, 0) is 13.0 Å². The number of rotatable bonds is 3. The Morgan fingerprint density at radius 1 is 1.44 bits per heavy atom. The number of nitrogens with two attached hydrogens (primary N) is 1. The Kier molecular flexibility index (Phi) is 3.30. The van der Waals surface area contributed by atoms with Crippen molar-refractivity contribution in [1.29, 1.82) is 0 Å². The van der Waals surface area contributed by atoms with Crippen LogP contribution in [0.4, 0.5) is 0 Å². The van der Waals surface area contributed by atoms with E-state index in [9.17, 15) is 0 Å². The molecule has 3 rings (SSSR count). The Morgan fingerprint density at radius 2 is 2.39 bits per heavy atom. The molecular weight excluding hydrogens is 224 g/mol. The smallest absolute Gasteiger partial charge is 0.137 e. The van der Waals surface area contributed by atoms with Crippen LogP contribution in [0.15, 0.2) is 24.4 Å². The second-order valence-electron chi connectivity index (χ2n) is 5.10. The normalized spacial score (nSPS) is 20.4. The number of hydrogen-bond acceptors (Lipinski definition) is 3. The van der Waals surface area contributed by atoms with Gasteiger partial charge in [0, 0.05) is 18.4 Å². The maximum atomic E-state index is 5.75. The highest BCUT2D eigenvalue weighted by atomic mass is 15.0. The van der Waals surface area contributed by atoms with E-state index >= 15 is 0 Å². The number of hydrogen-bond donors (Lipinski definition) is 2. The van der Waals surface area contributed by atoms with E-state index in [1.165, 1.54) is 25.1 Å². The number of imidazole rings is 1. The fourth-order valence-electron chi connectivity index (χ4n) is 2.78. The van der Waals surface area contributed by atoms with Crippen LogP contribution >= 0.6 is 0 Å². The molecule has 1 aliphatic rings.